The molecule has 4 heteroatoms. The highest BCUT2D eigenvalue weighted by molar-refractivity contribution is 6.29. The van der Waals surface area contributed by atoms with Gasteiger partial charge in [0.15, 0.2) is 0 Å². The predicted octanol–water partition coefficient (Wildman–Crippen LogP) is 18.5. The fourth-order valence-corrected chi connectivity index (χ4v) is 8.90. The molecule has 0 aliphatic heterocycles. The Morgan fingerprint density at radius 3 is 1.22 bits per heavy atom. The minimum Gasteiger partial charge on any atom is -0.309 e. The Bertz CT molecular complexity index is 4840. The summed E-state index contributed by atoms with van der Waals surface area (Å²) in [7, 11) is 0. The van der Waals surface area contributed by atoms with Crippen molar-refractivity contribution in [3.63, 3.8) is 0 Å². The van der Waals surface area contributed by atoms with E-state index in [1.165, 1.54) is 84.9 Å². The summed E-state index contributed by atoms with van der Waals surface area (Å²) >= 11 is 0. The van der Waals surface area contributed by atoms with E-state index in [1.807, 2.05) is 30.3 Å². The molecular weight excluding hydrogens is 835 g/mol. The molecule has 0 fully saturated rings. The molecule has 0 saturated heterocycles. The van der Waals surface area contributed by atoms with E-state index in [1.54, 1.807) is 28.0 Å². The average molecular weight is 897 g/mol. The van der Waals surface area contributed by atoms with Gasteiger partial charge in [-0.05, 0) is 140 Å². The largest absolute Gasteiger partial charge is 0.309 e. The second kappa shape index (κ2) is 17.2. The molecule has 0 aliphatic carbocycles. The molecule has 0 N–H and O–H groups in total. The van der Waals surface area contributed by atoms with E-state index in [2.05, 4.69) is 0 Å². The van der Waals surface area contributed by atoms with Gasteiger partial charge in [-0.1, -0.05) is 169 Å². The van der Waals surface area contributed by atoms with Crippen LogP contribution in [0.15, 0.2) is 254 Å². The van der Waals surface area contributed by atoms with E-state index in [0.29, 0.717) is 55.1 Å². The van der Waals surface area contributed by atoms with Crippen LogP contribution in [0.2, 0.25) is 0 Å². The summed E-state index contributed by atoms with van der Waals surface area (Å²) in [5.74, 6) is -1.20. The zero-order chi connectivity index (χ0) is 63.0. The quantitative estimate of drug-likeness (QED) is 0.126. The van der Waals surface area contributed by atoms with Crippen molar-refractivity contribution in [2.24, 2.45) is 0 Å². The summed E-state index contributed by atoms with van der Waals surface area (Å²) in [6, 6.07) is 21.7. The fraction of sp³-hybridized carbons (Fsp3) is 0. The molecule has 0 aliphatic rings. The van der Waals surface area contributed by atoms with Crippen molar-refractivity contribution in [1.82, 2.24) is 0 Å². The summed E-state index contributed by atoms with van der Waals surface area (Å²) in [6.45, 7) is 0. The number of rotatable bonds is 10. The first-order chi connectivity index (χ1) is 41.8. The zero-order valence-corrected chi connectivity index (χ0v) is 35.4. The molecule has 0 heterocycles. The van der Waals surface area contributed by atoms with Crippen molar-refractivity contribution in [3.8, 4) is 44.5 Å². The van der Waals surface area contributed by atoms with Crippen LogP contribution in [0, 0.1) is 11.6 Å². The van der Waals surface area contributed by atoms with Crippen LogP contribution in [0.25, 0.3) is 76.8 Å². The third kappa shape index (κ3) is 7.29. The Labute approximate surface area is 422 Å². The second-order valence-corrected chi connectivity index (χ2v) is 15.7. The highest BCUT2D eigenvalue weighted by atomic mass is 19.1. The van der Waals surface area contributed by atoms with E-state index in [9.17, 15) is 5.48 Å². The molecule has 0 saturated carbocycles. The van der Waals surface area contributed by atoms with Gasteiger partial charge in [0.05, 0.1) is 50.2 Å². The maximum absolute atomic E-state index is 15.1. The summed E-state index contributed by atoms with van der Waals surface area (Å²) in [4.78, 5) is 3.41. The van der Waals surface area contributed by atoms with E-state index >= 15 is 8.78 Å². The Morgan fingerprint density at radius 1 is 0.309 bits per heavy atom. The standard InChI is InChI=1S/C64H42F2N2/c65-51-28-32-53(33-29-51)67(60-37-25-48(43-14-5-1-6-15-43)40-57(60)45-18-9-3-10-19-45)59-39-27-50-42-62(55-23-13-22-47-24-36-56(59)64(50)63(47)55)68(54-34-30-52(66)31-35-54)61-38-26-49(44-16-7-2-8-17-44)41-58(61)46-20-11-4-12-21-46/h1-42H/i1D,2D,3D,4D,5D,6D,7D,8D,9D,10D,11D,12D,14D,15D,16D,17D,18D,19D,20D,21D. The molecule has 0 amide bonds. The van der Waals surface area contributed by atoms with Gasteiger partial charge in [0.2, 0.25) is 0 Å². The number of benzene rings is 12. The number of nitrogens with zero attached hydrogens (tertiary/aromatic N) is 2. The van der Waals surface area contributed by atoms with Crippen LogP contribution in [-0.4, -0.2) is 0 Å². The van der Waals surface area contributed by atoms with Crippen LogP contribution in [0.4, 0.5) is 42.9 Å². The molecule has 2 nitrogen and oxygen atoms in total. The van der Waals surface area contributed by atoms with Gasteiger partial charge in [0, 0.05) is 33.3 Å². The van der Waals surface area contributed by atoms with E-state index in [0.717, 1.165) is 0 Å². The lowest BCUT2D eigenvalue weighted by Crippen LogP contribution is -2.13. The molecule has 0 spiro atoms. The lowest BCUT2D eigenvalue weighted by molar-refractivity contribution is 0.627. The molecule has 0 aromatic heterocycles. The van der Waals surface area contributed by atoms with Crippen LogP contribution in [-0.2, 0) is 0 Å². The van der Waals surface area contributed by atoms with Gasteiger partial charge in [0.1, 0.15) is 11.6 Å². The number of halogens is 2. The van der Waals surface area contributed by atoms with Crippen LogP contribution in [0.3, 0.4) is 0 Å². The topological polar surface area (TPSA) is 6.48 Å². The normalized spacial score (nSPS) is 15.5. The monoisotopic (exact) mass is 896 g/mol. The predicted molar refractivity (Wildman–Crippen MR) is 281 cm³/mol. The fourth-order valence-electron chi connectivity index (χ4n) is 8.90. The molecule has 0 atom stereocenters. The smallest absolute Gasteiger partial charge is 0.123 e. The van der Waals surface area contributed by atoms with Crippen molar-refractivity contribution in [2.75, 3.05) is 9.80 Å². The van der Waals surface area contributed by atoms with Gasteiger partial charge in [-0.2, -0.15) is 0 Å². The van der Waals surface area contributed by atoms with E-state index in [-0.39, 0.29) is 55.9 Å². The summed E-state index contributed by atoms with van der Waals surface area (Å²) in [5, 5.41) is 3.66. The molecular formula is C64H42F2N2. The van der Waals surface area contributed by atoms with Crippen LogP contribution < -0.4 is 9.80 Å². The first-order valence-corrected chi connectivity index (χ1v) is 21.2. The highest BCUT2D eigenvalue weighted by Gasteiger charge is 2.26. The van der Waals surface area contributed by atoms with E-state index < -0.39 is 132 Å². The minimum atomic E-state index is -0.683. The summed E-state index contributed by atoms with van der Waals surface area (Å²) < 4.78 is 206. The van der Waals surface area contributed by atoms with Crippen molar-refractivity contribution in [3.05, 3.63) is 266 Å². The van der Waals surface area contributed by atoms with Gasteiger partial charge in [-0.15, -0.1) is 0 Å². The number of hydrogen-bond donors (Lipinski definition) is 0. The lowest BCUT2D eigenvalue weighted by atomic mass is 9.90. The van der Waals surface area contributed by atoms with Gasteiger partial charge in [-0.25, -0.2) is 8.78 Å². The third-order valence-corrected chi connectivity index (χ3v) is 11.8. The van der Waals surface area contributed by atoms with Gasteiger partial charge in [0.25, 0.3) is 0 Å². The number of hydrogen-bond acceptors (Lipinski definition) is 2. The van der Waals surface area contributed by atoms with Crippen molar-refractivity contribution >= 4 is 66.4 Å². The average Bonchev–Trinajstić information content (AvgIpc) is 0.880. The molecule has 0 bridgehead atoms. The maximum atomic E-state index is 15.1. The zero-order valence-electron chi connectivity index (χ0n) is 55.4. The van der Waals surface area contributed by atoms with Gasteiger partial charge in [-0.3, -0.25) is 0 Å². The third-order valence-electron chi connectivity index (χ3n) is 11.8. The summed E-state index contributed by atoms with van der Waals surface area (Å²) in [5.41, 5.74) is 0.773. The maximum Gasteiger partial charge on any atom is 0.123 e. The highest BCUT2D eigenvalue weighted by Crippen LogP contribution is 2.51. The van der Waals surface area contributed by atoms with E-state index in [4.69, 9.17) is 21.9 Å². The van der Waals surface area contributed by atoms with Crippen molar-refractivity contribution in [2.45, 2.75) is 0 Å². The van der Waals surface area contributed by atoms with Crippen LogP contribution in [0.5, 0.6) is 0 Å². The van der Waals surface area contributed by atoms with Crippen LogP contribution >= 0.6 is 0 Å². The molecule has 322 valence electrons. The molecule has 68 heavy (non-hydrogen) atoms. The Kier molecular flexibility index (Phi) is 6.21. The summed E-state index contributed by atoms with van der Waals surface area (Å²) in [6.07, 6.45) is 0. The van der Waals surface area contributed by atoms with Gasteiger partial charge < -0.3 is 9.80 Å². The Balaban J connectivity index is 1.16. The van der Waals surface area contributed by atoms with Crippen LogP contribution in [0.1, 0.15) is 27.4 Å². The molecule has 12 rings (SSSR count). The Hall–Kier alpha value is -8.86. The molecule has 0 unspecified atom stereocenters. The molecule has 12 aromatic rings. The minimum absolute atomic E-state index is 0.0268. The molecule has 12 aromatic carbocycles. The first kappa shape index (κ1) is 24.6. The Morgan fingerprint density at radius 2 is 0.721 bits per heavy atom. The van der Waals surface area contributed by atoms with Crippen molar-refractivity contribution < 1.29 is 36.2 Å². The van der Waals surface area contributed by atoms with Gasteiger partial charge >= 0.3 is 0 Å². The first-order valence-electron chi connectivity index (χ1n) is 31.2. The van der Waals surface area contributed by atoms with Crippen molar-refractivity contribution in [1.29, 1.82) is 0 Å². The molecule has 0 radical (unpaired) electrons. The number of anilines is 6. The second-order valence-electron chi connectivity index (χ2n) is 15.7. The SMILES string of the molecule is [2H]c1c([2H])c([2H])c(-c2ccc(N(c3ccc(F)cc3)c3cc4ccc(N(c5ccc(F)cc5)c5ccc(-c6c([2H])c([2H])c([2H])c([2H])c6[2H])cc5-c5c([2H])c([2H])c([2H])c([2H])c5[2H])c5ccc6cccc3c6c45)c(-c3c([2H])c([2H])c([2H])c([2H])c3[2H])c2)c([2H])c1[2H]. The lowest BCUT2D eigenvalue weighted by Gasteiger charge is -2.32.